The van der Waals surface area contributed by atoms with E-state index in [-0.39, 0.29) is 5.54 Å². The average Bonchev–Trinajstić information content (AvgIpc) is 2.00. The maximum absolute atomic E-state index is 5.82. The van der Waals surface area contributed by atoms with Gasteiger partial charge in [-0.2, -0.15) is 0 Å². The van der Waals surface area contributed by atoms with Crippen LogP contribution in [0.1, 0.15) is 24.8 Å². The standard InChI is InChI=1S/C12H18N2/c1-14(2)12(7-4-8-12)10-5-3-6-11(13)9-10/h3,5-6,9H,4,7-8,13H2,1-2H3. The van der Waals surface area contributed by atoms with E-state index in [0.29, 0.717) is 0 Å². The van der Waals surface area contributed by atoms with Crippen molar-refractivity contribution < 1.29 is 0 Å². The maximum Gasteiger partial charge on any atom is 0.0455 e. The Bertz CT molecular complexity index is 327. The zero-order chi connectivity index (χ0) is 10.2. The first-order chi connectivity index (χ1) is 6.65. The predicted octanol–water partition coefficient (Wildman–Crippen LogP) is 2.21. The van der Waals surface area contributed by atoms with Crippen LogP contribution in [0.25, 0.3) is 0 Å². The molecule has 1 fully saturated rings. The fraction of sp³-hybridized carbons (Fsp3) is 0.500. The summed E-state index contributed by atoms with van der Waals surface area (Å²) in [7, 11) is 4.31. The SMILES string of the molecule is CN(C)C1(c2cccc(N)c2)CCC1. The first kappa shape index (κ1) is 9.53. The number of rotatable bonds is 2. The van der Waals surface area contributed by atoms with E-state index in [9.17, 15) is 0 Å². The van der Waals surface area contributed by atoms with Gasteiger partial charge < -0.3 is 5.73 Å². The molecule has 0 saturated heterocycles. The molecule has 0 unspecified atom stereocenters. The lowest BCUT2D eigenvalue weighted by Crippen LogP contribution is -2.47. The molecule has 2 rings (SSSR count). The average molecular weight is 190 g/mol. The molecule has 0 aromatic heterocycles. The molecule has 1 aromatic carbocycles. The van der Waals surface area contributed by atoms with Gasteiger partial charge >= 0.3 is 0 Å². The van der Waals surface area contributed by atoms with Crippen molar-refractivity contribution in [2.45, 2.75) is 24.8 Å². The molecule has 0 bridgehead atoms. The molecule has 0 spiro atoms. The highest BCUT2D eigenvalue weighted by atomic mass is 15.2. The highest BCUT2D eigenvalue weighted by Crippen LogP contribution is 2.45. The molecule has 0 heterocycles. The molecule has 1 aliphatic carbocycles. The predicted molar refractivity (Wildman–Crippen MR) is 60.1 cm³/mol. The molecule has 0 amide bonds. The van der Waals surface area contributed by atoms with Crippen molar-refractivity contribution in [3.8, 4) is 0 Å². The van der Waals surface area contributed by atoms with Gasteiger partial charge in [0.05, 0.1) is 0 Å². The molecular formula is C12H18N2. The van der Waals surface area contributed by atoms with Gasteiger partial charge in [0.1, 0.15) is 0 Å². The van der Waals surface area contributed by atoms with Crippen LogP contribution >= 0.6 is 0 Å². The van der Waals surface area contributed by atoms with E-state index in [1.807, 2.05) is 12.1 Å². The molecule has 0 atom stereocenters. The molecule has 14 heavy (non-hydrogen) atoms. The Morgan fingerprint density at radius 2 is 2.00 bits per heavy atom. The second-order valence-electron chi connectivity index (χ2n) is 4.41. The van der Waals surface area contributed by atoms with Gasteiger partial charge in [-0.15, -0.1) is 0 Å². The molecule has 2 heteroatoms. The molecule has 2 nitrogen and oxygen atoms in total. The van der Waals surface area contributed by atoms with Crippen molar-refractivity contribution in [3.63, 3.8) is 0 Å². The van der Waals surface area contributed by atoms with Gasteiger partial charge in [0, 0.05) is 11.2 Å². The summed E-state index contributed by atoms with van der Waals surface area (Å²) in [5.74, 6) is 0. The van der Waals surface area contributed by atoms with Crippen molar-refractivity contribution in [1.29, 1.82) is 0 Å². The van der Waals surface area contributed by atoms with Crippen LogP contribution < -0.4 is 5.73 Å². The lowest BCUT2D eigenvalue weighted by Gasteiger charge is -2.48. The Labute approximate surface area is 85.7 Å². The summed E-state index contributed by atoms with van der Waals surface area (Å²) in [6.45, 7) is 0. The summed E-state index contributed by atoms with van der Waals surface area (Å²) in [6.07, 6.45) is 3.83. The van der Waals surface area contributed by atoms with Crippen molar-refractivity contribution in [3.05, 3.63) is 29.8 Å². The largest absolute Gasteiger partial charge is 0.399 e. The van der Waals surface area contributed by atoms with Gasteiger partial charge in [-0.05, 0) is 51.1 Å². The van der Waals surface area contributed by atoms with E-state index in [4.69, 9.17) is 5.73 Å². The highest BCUT2D eigenvalue weighted by Gasteiger charge is 2.40. The topological polar surface area (TPSA) is 29.3 Å². The third-order valence-electron chi connectivity index (χ3n) is 3.46. The summed E-state index contributed by atoms with van der Waals surface area (Å²) in [4.78, 5) is 2.32. The fourth-order valence-corrected chi connectivity index (χ4v) is 2.33. The summed E-state index contributed by atoms with van der Waals surface area (Å²) < 4.78 is 0. The second-order valence-corrected chi connectivity index (χ2v) is 4.41. The lowest BCUT2D eigenvalue weighted by atomic mass is 9.71. The van der Waals surface area contributed by atoms with Crippen molar-refractivity contribution in [2.24, 2.45) is 0 Å². The third-order valence-corrected chi connectivity index (χ3v) is 3.46. The molecule has 0 radical (unpaired) electrons. The Morgan fingerprint density at radius 1 is 1.29 bits per heavy atom. The maximum atomic E-state index is 5.82. The lowest BCUT2D eigenvalue weighted by molar-refractivity contribution is 0.0578. The molecule has 0 aliphatic heterocycles. The normalized spacial score (nSPS) is 19.4. The van der Waals surface area contributed by atoms with E-state index >= 15 is 0 Å². The van der Waals surface area contributed by atoms with Crippen LogP contribution in [0.3, 0.4) is 0 Å². The number of hydrogen-bond donors (Lipinski definition) is 1. The third kappa shape index (κ3) is 1.30. The van der Waals surface area contributed by atoms with Gasteiger partial charge in [-0.25, -0.2) is 0 Å². The number of nitrogens with two attached hydrogens (primary N) is 1. The smallest absolute Gasteiger partial charge is 0.0455 e. The first-order valence-electron chi connectivity index (χ1n) is 5.19. The van der Waals surface area contributed by atoms with E-state index in [2.05, 4.69) is 31.1 Å². The Balaban J connectivity index is 2.37. The van der Waals surface area contributed by atoms with Crippen molar-refractivity contribution in [2.75, 3.05) is 19.8 Å². The Hall–Kier alpha value is -1.02. The number of nitrogen functional groups attached to an aromatic ring is 1. The molecule has 1 aromatic rings. The van der Waals surface area contributed by atoms with Crippen LogP contribution in [0.4, 0.5) is 5.69 Å². The van der Waals surface area contributed by atoms with Crippen LogP contribution in [0.5, 0.6) is 0 Å². The zero-order valence-electron chi connectivity index (χ0n) is 8.96. The molecular weight excluding hydrogens is 172 g/mol. The summed E-state index contributed by atoms with van der Waals surface area (Å²) >= 11 is 0. The summed E-state index contributed by atoms with van der Waals surface area (Å²) in [5, 5.41) is 0. The van der Waals surface area contributed by atoms with Gasteiger partial charge in [0.2, 0.25) is 0 Å². The molecule has 2 N–H and O–H groups in total. The van der Waals surface area contributed by atoms with Crippen LogP contribution in [0.2, 0.25) is 0 Å². The quantitative estimate of drug-likeness (QED) is 0.724. The van der Waals surface area contributed by atoms with Gasteiger partial charge in [-0.1, -0.05) is 12.1 Å². The Kier molecular flexibility index (Phi) is 2.23. The van der Waals surface area contributed by atoms with E-state index < -0.39 is 0 Å². The van der Waals surface area contributed by atoms with E-state index in [1.54, 1.807) is 0 Å². The summed E-state index contributed by atoms with van der Waals surface area (Å²) in [6, 6.07) is 8.30. The fourth-order valence-electron chi connectivity index (χ4n) is 2.33. The summed E-state index contributed by atoms with van der Waals surface area (Å²) in [5.41, 5.74) is 8.32. The minimum absolute atomic E-state index is 0.259. The minimum Gasteiger partial charge on any atom is -0.399 e. The van der Waals surface area contributed by atoms with Crippen molar-refractivity contribution in [1.82, 2.24) is 4.90 Å². The van der Waals surface area contributed by atoms with E-state index in [0.717, 1.165) is 5.69 Å². The van der Waals surface area contributed by atoms with Crippen LogP contribution in [-0.2, 0) is 5.54 Å². The molecule has 1 aliphatic rings. The van der Waals surface area contributed by atoms with Gasteiger partial charge in [0.15, 0.2) is 0 Å². The Morgan fingerprint density at radius 3 is 2.43 bits per heavy atom. The van der Waals surface area contributed by atoms with Gasteiger partial charge in [-0.3, -0.25) is 4.90 Å². The molecule has 76 valence electrons. The number of benzene rings is 1. The van der Waals surface area contributed by atoms with Gasteiger partial charge in [0.25, 0.3) is 0 Å². The molecule has 1 saturated carbocycles. The van der Waals surface area contributed by atoms with Crippen LogP contribution in [0.15, 0.2) is 24.3 Å². The monoisotopic (exact) mass is 190 g/mol. The van der Waals surface area contributed by atoms with Crippen LogP contribution in [0, 0.1) is 0 Å². The minimum atomic E-state index is 0.259. The zero-order valence-corrected chi connectivity index (χ0v) is 8.96. The van der Waals surface area contributed by atoms with Crippen molar-refractivity contribution >= 4 is 5.69 Å². The number of anilines is 1. The number of hydrogen-bond acceptors (Lipinski definition) is 2. The van der Waals surface area contributed by atoms with E-state index in [1.165, 1.54) is 24.8 Å². The van der Waals surface area contributed by atoms with Crippen LogP contribution in [-0.4, -0.2) is 19.0 Å². The second kappa shape index (κ2) is 3.28. The number of nitrogens with zero attached hydrogens (tertiary/aromatic N) is 1. The first-order valence-corrected chi connectivity index (χ1v) is 5.19. The highest BCUT2D eigenvalue weighted by molar-refractivity contribution is 5.43.